The number of esters is 1. The number of aryl methyl sites for hydroxylation is 1. The Bertz CT molecular complexity index is 713. The van der Waals surface area contributed by atoms with E-state index in [1.54, 1.807) is 18.2 Å². The Morgan fingerprint density at radius 1 is 1.28 bits per heavy atom. The molecule has 2 fully saturated rings. The second kappa shape index (κ2) is 7.14. The number of hydrogen-bond acceptors (Lipinski definition) is 4. The molecule has 2 heterocycles. The lowest BCUT2D eigenvalue weighted by atomic mass is 9.95. The Kier molecular flexibility index (Phi) is 5.11. The normalized spacial score (nSPS) is 26.8. The maximum absolute atomic E-state index is 12.8. The molecular formula is C18H22ClN2O4+. The molecule has 0 aromatic heterocycles. The van der Waals surface area contributed by atoms with E-state index in [0.717, 1.165) is 10.5 Å². The van der Waals surface area contributed by atoms with Crippen molar-refractivity contribution in [2.45, 2.75) is 32.2 Å². The molecule has 0 radical (unpaired) electrons. The van der Waals surface area contributed by atoms with Gasteiger partial charge in [0.2, 0.25) is 5.91 Å². The van der Waals surface area contributed by atoms with Crippen LogP contribution in [0.25, 0.3) is 0 Å². The van der Waals surface area contributed by atoms with Crippen LogP contribution in [0.1, 0.15) is 24.8 Å². The standard InChI is InChI=1S/C18H21ClN2O4/c1-11-3-4-13(9-14(11)19)21-16(22)10-15(17(21)23)20-7-5-12(6-8-20)18(24)25-2/h3-4,9,12,15H,5-8,10H2,1-2H3/p+1/t15-/m0/s1. The Balaban J connectivity index is 1.71. The zero-order chi connectivity index (χ0) is 18.1. The van der Waals surface area contributed by atoms with E-state index in [1.807, 2.05) is 6.92 Å². The fourth-order valence-electron chi connectivity index (χ4n) is 3.68. The largest absolute Gasteiger partial charge is 0.469 e. The number of rotatable bonds is 3. The van der Waals surface area contributed by atoms with Gasteiger partial charge in [-0.25, -0.2) is 4.90 Å². The first kappa shape index (κ1) is 17.9. The third-order valence-electron chi connectivity index (χ3n) is 5.22. The number of carbonyl (C=O) groups is 3. The summed E-state index contributed by atoms with van der Waals surface area (Å²) in [5, 5.41) is 0.535. The van der Waals surface area contributed by atoms with Gasteiger partial charge in [-0.2, -0.15) is 0 Å². The molecule has 2 aliphatic heterocycles. The summed E-state index contributed by atoms with van der Waals surface area (Å²) in [6.45, 7) is 3.25. The highest BCUT2D eigenvalue weighted by Gasteiger charge is 2.47. The number of hydrogen-bond donors (Lipinski definition) is 1. The van der Waals surface area contributed by atoms with Gasteiger partial charge < -0.3 is 9.64 Å². The Morgan fingerprint density at radius 2 is 1.96 bits per heavy atom. The minimum atomic E-state index is -0.383. The number of quaternary nitrogens is 1. The number of methoxy groups -OCH3 is 1. The van der Waals surface area contributed by atoms with Crippen LogP contribution in [0, 0.1) is 12.8 Å². The van der Waals surface area contributed by atoms with Gasteiger partial charge in [-0.3, -0.25) is 14.4 Å². The fraction of sp³-hybridized carbons (Fsp3) is 0.500. The number of benzene rings is 1. The highest BCUT2D eigenvalue weighted by molar-refractivity contribution is 6.32. The predicted molar refractivity (Wildman–Crippen MR) is 92.5 cm³/mol. The first-order valence-corrected chi connectivity index (χ1v) is 8.85. The molecule has 25 heavy (non-hydrogen) atoms. The SMILES string of the molecule is COC(=O)C1CC[NH+]([C@H]2CC(=O)N(c3ccc(C)c(Cl)c3)C2=O)CC1. The number of ether oxygens (including phenoxy) is 1. The van der Waals surface area contributed by atoms with Crippen molar-refractivity contribution < 1.29 is 24.0 Å². The summed E-state index contributed by atoms with van der Waals surface area (Å²) in [4.78, 5) is 39.2. The zero-order valence-corrected chi connectivity index (χ0v) is 15.1. The van der Waals surface area contributed by atoms with Crippen molar-refractivity contribution in [3.63, 3.8) is 0 Å². The summed E-state index contributed by atoms with van der Waals surface area (Å²) in [7, 11) is 1.39. The number of anilines is 1. The molecule has 6 nitrogen and oxygen atoms in total. The summed E-state index contributed by atoms with van der Waals surface area (Å²) in [5.74, 6) is -0.675. The number of nitrogens with one attached hydrogen (secondary N) is 1. The van der Waals surface area contributed by atoms with E-state index in [0.29, 0.717) is 36.6 Å². The first-order chi connectivity index (χ1) is 11.9. The molecule has 0 saturated carbocycles. The topological polar surface area (TPSA) is 68.1 Å². The molecule has 0 unspecified atom stereocenters. The van der Waals surface area contributed by atoms with Gasteiger partial charge in [-0.1, -0.05) is 17.7 Å². The lowest BCUT2D eigenvalue weighted by Gasteiger charge is -2.30. The summed E-state index contributed by atoms with van der Waals surface area (Å²) in [6, 6.07) is 4.83. The molecule has 0 aliphatic carbocycles. The van der Waals surface area contributed by atoms with E-state index in [2.05, 4.69) is 0 Å². The highest BCUT2D eigenvalue weighted by Crippen LogP contribution is 2.27. The van der Waals surface area contributed by atoms with Crippen LogP contribution in [0.15, 0.2) is 18.2 Å². The summed E-state index contributed by atoms with van der Waals surface area (Å²) in [5.41, 5.74) is 1.42. The van der Waals surface area contributed by atoms with Gasteiger partial charge in [-0.15, -0.1) is 0 Å². The highest BCUT2D eigenvalue weighted by atomic mass is 35.5. The summed E-state index contributed by atoms with van der Waals surface area (Å²) in [6.07, 6.45) is 1.55. The van der Waals surface area contributed by atoms with E-state index >= 15 is 0 Å². The van der Waals surface area contributed by atoms with Gasteiger partial charge in [0.05, 0.1) is 38.2 Å². The number of amides is 2. The number of imide groups is 1. The average Bonchev–Trinajstić information content (AvgIpc) is 2.91. The molecule has 0 bridgehead atoms. The summed E-state index contributed by atoms with van der Waals surface area (Å²) >= 11 is 6.13. The van der Waals surface area contributed by atoms with Gasteiger partial charge in [-0.05, 0) is 24.6 Å². The number of piperidine rings is 1. The molecule has 2 aliphatic rings. The van der Waals surface area contributed by atoms with Crippen LogP contribution >= 0.6 is 11.6 Å². The maximum Gasteiger partial charge on any atom is 0.309 e. The Morgan fingerprint density at radius 3 is 2.56 bits per heavy atom. The second-order valence-electron chi connectivity index (χ2n) is 6.71. The molecule has 134 valence electrons. The molecule has 1 aromatic rings. The maximum atomic E-state index is 12.8. The van der Waals surface area contributed by atoms with Crippen molar-refractivity contribution in [2.75, 3.05) is 25.1 Å². The Hall–Kier alpha value is -1.92. The number of carbonyl (C=O) groups excluding carboxylic acids is 3. The minimum Gasteiger partial charge on any atom is -0.469 e. The molecule has 3 rings (SSSR count). The van der Waals surface area contributed by atoms with E-state index in [9.17, 15) is 14.4 Å². The van der Waals surface area contributed by atoms with E-state index in [1.165, 1.54) is 12.0 Å². The zero-order valence-electron chi connectivity index (χ0n) is 14.4. The quantitative estimate of drug-likeness (QED) is 0.634. The molecule has 2 saturated heterocycles. The van der Waals surface area contributed by atoms with Crippen molar-refractivity contribution in [2.24, 2.45) is 5.92 Å². The minimum absolute atomic E-state index is 0.104. The van der Waals surface area contributed by atoms with Crippen LogP contribution in [0.3, 0.4) is 0 Å². The van der Waals surface area contributed by atoms with Crippen LogP contribution in [0.5, 0.6) is 0 Å². The number of nitrogens with zero attached hydrogens (tertiary/aromatic N) is 1. The monoisotopic (exact) mass is 365 g/mol. The molecule has 1 N–H and O–H groups in total. The smallest absolute Gasteiger partial charge is 0.309 e. The molecule has 7 heteroatoms. The van der Waals surface area contributed by atoms with Gasteiger partial charge in [0.15, 0.2) is 6.04 Å². The third kappa shape index (κ3) is 3.41. The molecule has 1 atom stereocenters. The Labute approximate surface area is 151 Å². The van der Waals surface area contributed by atoms with Crippen LogP contribution < -0.4 is 9.80 Å². The fourth-order valence-corrected chi connectivity index (χ4v) is 3.86. The average molecular weight is 366 g/mol. The van der Waals surface area contributed by atoms with Gasteiger partial charge in [0, 0.05) is 17.9 Å². The van der Waals surface area contributed by atoms with Crippen molar-refractivity contribution >= 4 is 35.1 Å². The van der Waals surface area contributed by atoms with E-state index in [4.69, 9.17) is 16.3 Å². The van der Waals surface area contributed by atoms with Crippen LogP contribution in [-0.4, -0.2) is 44.0 Å². The molecule has 1 aromatic carbocycles. The first-order valence-electron chi connectivity index (χ1n) is 8.47. The lowest BCUT2D eigenvalue weighted by molar-refractivity contribution is -0.920. The molecule has 2 amide bonds. The van der Waals surface area contributed by atoms with Gasteiger partial charge in [0.25, 0.3) is 5.91 Å². The van der Waals surface area contributed by atoms with E-state index in [-0.39, 0.29) is 36.2 Å². The van der Waals surface area contributed by atoms with Gasteiger partial charge >= 0.3 is 5.97 Å². The predicted octanol–water partition coefficient (Wildman–Crippen LogP) is 0.748. The number of halogens is 1. The molecular weight excluding hydrogens is 344 g/mol. The number of likely N-dealkylation sites (tertiary alicyclic amines) is 1. The van der Waals surface area contributed by atoms with Crippen molar-refractivity contribution in [3.8, 4) is 0 Å². The summed E-state index contributed by atoms with van der Waals surface area (Å²) < 4.78 is 4.79. The van der Waals surface area contributed by atoms with Crippen LogP contribution in [0.4, 0.5) is 5.69 Å². The van der Waals surface area contributed by atoms with Crippen LogP contribution in [0.2, 0.25) is 5.02 Å². The third-order valence-corrected chi connectivity index (χ3v) is 5.62. The molecule has 0 spiro atoms. The van der Waals surface area contributed by atoms with Crippen LogP contribution in [-0.2, 0) is 19.1 Å². The van der Waals surface area contributed by atoms with Gasteiger partial charge in [0.1, 0.15) is 0 Å². The van der Waals surface area contributed by atoms with Crippen molar-refractivity contribution in [1.82, 2.24) is 0 Å². The van der Waals surface area contributed by atoms with Crippen molar-refractivity contribution in [3.05, 3.63) is 28.8 Å². The lowest BCUT2D eigenvalue weighted by Crippen LogP contribution is -3.17. The van der Waals surface area contributed by atoms with Crippen molar-refractivity contribution in [1.29, 1.82) is 0 Å². The second-order valence-corrected chi connectivity index (χ2v) is 7.12. The van der Waals surface area contributed by atoms with E-state index < -0.39 is 0 Å².